The fraction of sp³-hybridized carbons (Fsp3) is 0.619. The molecule has 168 valence electrons. The van der Waals surface area contributed by atoms with Gasteiger partial charge in [0.15, 0.2) is 0 Å². The van der Waals surface area contributed by atoms with Gasteiger partial charge in [0.1, 0.15) is 17.9 Å². The average molecular weight is 430 g/mol. The summed E-state index contributed by atoms with van der Waals surface area (Å²) in [6.45, 7) is 6.50. The van der Waals surface area contributed by atoms with Crippen LogP contribution in [0.3, 0.4) is 0 Å². The Labute approximate surface area is 174 Å². The number of amides is 1. The molecule has 3 atom stereocenters. The van der Waals surface area contributed by atoms with E-state index >= 15 is 0 Å². The number of hydrogen-bond donors (Lipinski definition) is 2. The van der Waals surface area contributed by atoms with Crippen molar-refractivity contribution in [2.24, 2.45) is 5.41 Å². The number of esters is 1. The van der Waals surface area contributed by atoms with E-state index in [2.05, 4.69) is 5.32 Å². The number of aliphatic hydroxyl groups excluding tert-OH is 1. The third kappa shape index (κ3) is 5.24. The maximum atomic E-state index is 14.1. The van der Waals surface area contributed by atoms with Gasteiger partial charge in [-0.1, -0.05) is 27.7 Å². The molecule has 1 aliphatic rings. The zero-order valence-corrected chi connectivity index (χ0v) is 17.8. The van der Waals surface area contributed by atoms with Crippen molar-refractivity contribution < 1.29 is 32.6 Å². The van der Waals surface area contributed by atoms with Gasteiger partial charge in [0.25, 0.3) is 5.92 Å². The molecule has 30 heavy (non-hydrogen) atoms. The second kappa shape index (κ2) is 8.83. The number of rotatable bonds is 6. The molecule has 1 aromatic rings. The molecule has 1 saturated heterocycles. The molecule has 0 radical (unpaired) electrons. The summed E-state index contributed by atoms with van der Waals surface area (Å²) in [5.74, 6) is -5.23. The highest BCUT2D eigenvalue weighted by Crippen LogP contribution is 2.35. The standard InChI is InChI=1S/C21H29F3N2O4/c1-6-21(23,24)12-7-13(22)9-14(8-12)25-17(20(2,3)4)18(28)26-11-15(27)10-16(26)19(29)30-5/h7-9,15-17,25,27H,6,10-11H2,1-5H3. The molecule has 6 nitrogen and oxygen atoms in total. The Hall–Kier alpha value is -2.29. The van der Waals surface area contributed by atoms with E-state index in [4.69, 9.17) is 4.74 Å². The summed E-state index contributed by atoms with van der Waals surface area (Å²) in [6.07, 6.45) is -1.34. The Morgan fingerprint density at radius 2 is 1.93 bits per heavy atom. The number of carbonyl (C=O) groups is 2. The first-order chi connectivity index (χ1) is 13.8. The molecule has 0 saturated carbocycles. The number of aliphatic hydroxyl groups is 1. The van der Waals surface area contributed by atoms with Crippen LogP contribution in [0.2, 0.25) is 0 Å². The molecule has 0 aromatic heterocycles. The summed E-state index contributed by atoms with van der Waals surface area (Å²) in [7, 11) is 1.19. The predicted octanol–water partition coefficient (Wildman–Crippen LogP) is 3.29. The quantitative estimate of drug-likeness (QED) is 0.678. The summed E-state index contributed by atoms with van der Waals surface area (Å²) in [5, 5.41) is 12.8. The van der Waals surface area contributed by atoms with Crippen LogP contribution in [0.5, 0.6) is 0 Å². The lowest BCUT2D eigenvalue weighted by Gasteiger charge is -2.35. The molecule has 1 heterocycles. The van der Waals surface area contributed by atoms with Crippen molar-refractivity contribution >= 4 is 17.6 Å². The largest absolute Gasteiger partial charge is 0.467 e. The van der Waals surface area contributed by atoms with Crippen LogP contribution in [-0.2, 0) is 20.2 Å². The van der Waals surface area contributed by atoms with Crippen LogP contribution in [0.15, 0.2) is 18.2 Å². The van der Waals surface area contributed by atoms with Gasteiger partial charge >= 0.3 is 5.97 Å². The summed E-state index contributed by atoms with van der Waals surface area (Å²) in [4.78, 5) is 26.6. The smallest absolute Gasteiger partial charge is 0.328 e. The summed E-state index contributed by atoms with van der Waals surface area (Å²) in [5.41, 5.74) is -1.18. The average Bonchev–Trinajstić information content (AvgIpc) is 3.05. The van der Waals surface area contributed by atoms with Crippen LogP contribution in [0.25, 0.3) is 0 Å². The van der Waals surface area contributed by atoms with Crippen LogP contribution in [0.4, 0.5) is 18.9 Å². The lowest BCUT2D eigenvalue weighted by atomic mass is 9.85. The molecule has 1 aromatic carbocycles. The number of likely N-dealkylation sites (tertiary alicyclic amines) is 1. The van der Waals surface area contributed by atoms with Crippen molar-refractivity contribution in [2.75, 3.05) is 19.0 Å². The van der Waals surface area contributed by atoms with E-state index in [1.807, 2.05) is 0 Å². The number of nitrogens with one attached hydrogen (secondary N) is 1. The first kappa shape index (κ1) is 24.0. The first-order valence-corrected chi connectivity index (χ1v) is 9.82. The lowest BCUT2D eigenvalue weighted by molar-refractivity contribution is -0.151. The van der Waals surface area contributed by atoms with Crippen LogP contribution in [-0.4, -0.2) is 53.7 Å². The van der Waals surface area contributed by atoms with Crippen molar-refractivity contribution in [3.63, 3.8) is 0 Å². The van der Waals surface area contributed by atoms with Crippen LogP contribution < -0.4 is 5.32 Å². The van der Waals surface area contributed by atoms with Crippen molar-refractivity contribution in [3.8, 4) is 0 Å². The third-order valence-electron chi connectivity index (χ3n) is 5.22. The molecule has 1 fully saturated rings. The van der Waals surface area contributed by atoms with Crippen molar-refractivity contribution in [1.29, 1.82) is 0 Å². The molecule has 2 N–H and O–H groups in total. The summed E-state index contributed by atoms with van der Waals surface area (Å²) < 4.78 is 47.0. The fourth-order valence-corrected chi connectivity index (χ4v) is 3.49. The zero-order chi connectivity index (χ0) is 22.9. The molecule has 0 bridgehead atoms. The van der Waals surface area contributed by atoms with Gasteiger partial charge in [-0.15, -0.1) is 0 Å². The number of benzene rings is 1. The molecule has 3 unspecified atom stereocenters. The normalized spacial score (nSPS) is 20.8. The Morgan fingerprint density at radius 3 is 2.47 bits per heavy atom. The predicted molar refractivity (Wildman–Crippen MR) is 106 cm³/mol. The highest BCUT2D eigenvalue weighted by Gasteiger charge is 2.44. The van der Waals surface area contributed by atoms with E-state index in [1.165, 1.54) is 18.9 Å². The number of hydrogen-bond acceptors (Lipinski definition) is 5. The van der Waals surface area contributed by atoms with Gasteiger partial charge in [-0.3, -0.25) is 4.79 Å². The molecular formula is C21H29F3N2O4. The topological polar surface area (TPSA) is 78.9 Å². The Bertz CT molecular complexity index is 795. The third-order valence-corrected chi connectivity index (χ3v) is 5.22. The Morgan fingerprint density at radius 1 is 1.30 bits per heavy atom. The van der Waals surface area contributed by atoms with E-state index < -0.39 is 59.2 Å². The number of nitrogens with zero attached hydrogens (tertiary/aromatic N) is 1. The van der Waals surface area contributed by atoms with E-state index in [0.717, 1.165) is 18.2 Å². The van der Waals surface area contributed by atoms with Gasteiger partial charge in [-0.2, -0.15) is 0 Å². The first-order valence-electron chi connectivity index (χ1n) is 9.82. The Balaban J connectivity index is 2.38. The number of alkyl halides is 2. The van der Waals surface area contributed by atoms with Gasteiger partial charge < -0.3 is 20.1 Å². The van der Waals surface area contributed by atoms with Crippen molar-refractivity contribution in [3.05, 3.63) is 29.6 Å². The number of ether oxygens (including phenoxy) is 1. The number of anilines is 1. The highest BCUT2D eigenvalue weighted by molar-refractivity contribution is 5.90. The van der Waals surface area contributed by atoms with Gasteiger partial charge in [0, 0.05) is 30.6 Å². The highest BCUT2D eigenvalue weighted by atomic mass is 19.3. The second-order valence-electron chi connectivity index (χ2n) is 8.65. The van der Waals surface area contributed by atoms with Gasteiger partial charge in [0.2, 0.25) is 5.91 Å². The van der Waals surface area contributed by atoms with E-state index in [0.29, 0.717) is 0 Å². The van der Waals surface area contributed by atoms with E-state index in [-0.39, 0.29) is 18.7 Å². The minimum absolute atomic E-state index is 0.0285. The van der Waals surface area contributed by atoms with Gasteiger partial charge in [0.05, 0.1) is 13.2 Å². The minimum Gasteiger partial charge on any atom is -0.467 e. The monoisotopic (exact) mass is 430 g/mol. The molecule has 0 aliphatic carbocycles. The molecule has 1 amide bonds. The number of halogens is 3. The fourth-order valence-electron chi connectivity index (χ4n) is 3.49. The van der Waals surface area contributed by atoms with Crippen LogP contribution in [0.1, 0.15) is 46.1 Å². The molecule has 1 aliphatic heterocycles. The van der Waals surface area contributed by atoms with Gasteiger partial charge in [-0.05, 0) is 23.6 Å². The number of methoxy groups -OCH3 is 1. The van der Waals surface area contributed by atoms with E-state index in [9.17, 15) is 27.9 Å². The molecule has 2 rings (SSSR count). The summed E-state index contributed by atoms with van der Waals surface area (Å²) >= 11 is 0. The number of carbonyl (C=O) groups excluding carboxylic acids is 2. The van der Waals surface area contributed by atoms with Crippen LogP contribution >= 0.6 is 0 Å². The van der Waals surface area contributed by atoms with Crippen molar-refractivity contribution in [2.45, 2.75) is 64.6 Å². The Kier molecular flexibility index (Phi) is 7.06. The lowest BCUT2D eigenvalue weighted by Crippen LogP contribution is -2.52. The molecule has 0 spiro atoms. The molecule has 9 heteroatoms. The zero-order valence-electron chi connectivity index (χ0n) is 17.8. The maximum absolute atomic E-state index is 14.1. The molecular weight excluding hydrogens is 401 g/mol. The number of β-amino-alcohol motifs (C(OH)–C–C–N with tert-alkyl or cyclic N) is 1. The van der Waals surface area contributed by atoms with Crippen LogP contribution in [0, 0.1) is 11.2 Å². The van der Waals surface area contributed by atoms with Gasteiger partial charge in [-0.25, -0.2) is 18.0 Å². The van der Waals surface area contributed by atoms with Crippen molar-refractivity contribution in [1.82, 2.24) is 4.90 Å². The summed E-state index contributed by atoms with van der Waals surface area (Å²) in [6, 6.07) is 1.01. The minimum atomic E-state index is -3.21. The SMILES string of the molecule is CCC(F)(F)c1cc(F)cc(NC(C(=O)N2CC(O)CC2C(=O)OC)C(C)(C)C)c1. The van der Waals surface area contributed by atoms with E-state index in [1.54, 1.807) is 20.8 Å². The second-order valence-corrected chi connectivity index (χ2v) is 8.65. The maximum Gasteiger partial charge on any atom is 0.328 e.